The van der Waals surface area contributed by atoms with Crippen molar-refractivity contribution in [1.82, 2.24) is 10.3 Å². The minimum atomic E-state index is -0.126. The van der Waals surface area contributed by atoms with Gasteiger partial charge in [0.1, 0.15) is 10.7 Å². The van der Waals surface area contributed by atoms with E-state index in [1.165, 1.54) is 30.6 Å². The number of aromatic nitrogens is 1. The molecule has 1 aliphatic rings. The third-order valence-corrected chi connectivity index (χ3v) is 4.69. The maximum absolute atomic E-state index is 12.2. The quantitative estimate of drug-likeness (QED) is 0.667. The molecule has 1 fully saturated rings. The van der Waals surface area contributed by atoms with E-state index in [1.807, 2.05) is 0 Å². The molecule has 2 rings (SSSR count). The molecule has 7 heteroatoms. The molecule has 1 heterocycles. The number of amides is 1. The van der Waals surface area contributed by atoms with E-state index < -0.39 is 0 Å². The highest BCUT2D eigenvalue weighted by atomic mass is 32.1. The maximum Gasteiger partial charge on any atom is 0.265 e. The van der Waals surface area contributed by atoms with E-state index in [2.05, 4.69) is 22.5 Å². The monoisotopic (exact) mass is 298 g/mol. The van der Waals surface area contributed by atoms with Crippen LogP contribution in [-0.2, 0) is 4.74 Å². The molecule has 112 valence electrons. The SMILES string of the molecule is COCCNc1nc(N)c(C(=O)NC(C)C2CCC2)s1. The molecule has 0 saturated heterocycles. The van der Waals surface area contributed by atoms with Gasteiger partial charge in [-0.3, -0.25) is 4.79 Å². The van der Waals surface area contributed by atoms with E-state index in [4.69, 9.17) is 10.5 Å². The number of methoxy groups -OCH3 is 1. The molecular formula is C13H22N4O2S. The Morgan fingerprint density at radius 2 is 2.35 bits per heavy atom. The van der Waals surface area contributed by atoms with Crippen LogP contribution in [0.1, 0.15) is 35.9 Å². The number of ether oxygens (including phenoxy) is 1. The van der Waals surface area contributed by atoms with Gasteiger partial charge in [-0.15, -0.1) is 0 Å². The van der Waals surface area contributed by atoms with Gasteiger partial charge in [-0.1, -0.05) is 17.8 Å². The first kappa shape index (κ1) is 15.1. The number of anilines is 2. The molecule has 1 aromatic heterocycles. The van der Waals surface area contributed by atoms with Gasteiger partial charge >= 0.3 is 0 Å². The van der Waals surface area contributed by atoms with Crippen LogP contribution in [0.4, 0.5) is 10.9 Å². The van der Waals surface area contributed by atoms with Crippen LogP contribution in [-0.4, -0.2) is 37.2 Å². The van der Waals surface area contributed by atoms with Gasteiger partial charge in [0.05, 0.1) is 6.61 Å². The summed E-state index contributed by atoms with van der Waals surface area (Å²) in [5.74, 6) is 0.764. The zero-order valence-electron chi connectivity index (χ0n) is 11.9. The van der Waals surface area contributed by atoms with Crippen molar-refractivity contribution in [2.75, 3.05) is 31.3 Å². The summed E-state index contributed by atoms with van der Waals surface area (Å²) in [5, 5.41) is 6.75. The Morgan fingerprint density at radius 3 is 2.95 bits per heavy atom. The number of carbonyl (C=O) groups excluding carboxylic acids is 1. The normalized spacial score (nSPS) is 16.5. The van der Waals surface area contributed by atoms with E-state index in [0.29, 0.717) is 29.1 Å². The number of nitrogen functional groups attached to an aromatic ring is 1. The number of hydrogen-bond acceptors (Lipinski definition) is 6. The Hall–Kier alpha value is -1.34. The molecule has 1 amide bonds. The van der Waals surface area contributed by atoms with Gasteiger partial charge in [0.25, 0.3) is 5.91 Å². The summed E-state index contributed by atoms with van der Waals surface area (Å²) in [6.07, 6.45) is 3.66. The second-order valence-electron chi connectivity index (χ2n) is 5.11. The van der Waals surface area contributed by atoms with Crippen LogP contribution < -0.4 is 16.4 Å². The van der Waals surface area contributed by atoms with E-state index in [0.717, 1.165) is 0 Å². The summed E-state index contributed by atoms with van der Waals surface area (Å²) >= 11 is 1.28. The standard InChI is InChI=1S/C13H22N4O2S/c1-8(9-4-3-5-9)16-12(18)10-11(14)17-13(20-10)15-6-7-19-2/h8-9H,3-7,14H2,1-2H3,(H,15,17)(H,16,18). The van der Waals surface area contributed by atoms with E-state index in [1.54, 1.807) is 7.11 Å². The molecule has 0 aromatic carbocycles. The molecule has 1 saturated carbocycles. The Kier molecular flexibility index (Phi) is 5.19. The fourth-order valence-corrected chi connectivity index (χ4v) is 2.97. The number of rotatable bonds is 7. The average Bonchev–Trinajstić information content (AvgIpc) is 2.68. The van der Waals surface area contributed by atoms with Gasteiger partial charge in [0.2, 0.25) is 0 Å². The lowest BCUT2D eigenvalue weighted by molar-refractivity contribution is 0.0914. The third-order valence-electron chi connectivity index (χ3n) is 3.66. The van der Waals surface area contributed by atoms with Crippen LogP contribution in [0, 0.1) is 5.92 Å². The molecule has 6 nitrogen and oxygen atoms in total. The van der Waals surface area contributed by atoms with Crippen LogP contribution in [0.5, 0.6) is 0 Å². The van der Waals surface area contributed by atoms with Crippen molar-refractivity contribution in [3.05, 3.63) is 4.88 Å². The van der Waals surface area contributed by atoms with Crippen molar-refractivity contribution in [2.45, 2.75) is 32.2 Å². The largest absolute Gasteiger partial charge is 0.383 e. The number of thiazole rings is 1. The molecular weight excluding hydrogens is 276 g/mol. The molecule has 0 aliphatic heterocycles. The fourth-order valence-electron chi connectivity index (χ4n) is 2.16. The molecule has 20 heavy (non-hydrogen) atoms. The molecule has 0 spiro atoms. The van der Waals surface area contributed by atoms with Crippen molar-refractivity contribution in [3.8, 4) is 0 Å². The van der Waals surface area contributed by atoms with Gasteiger partial charge in [0.15, 0.2) is 5.13 Å². The predicted molar refractivity (Wildman–Crippen MR) is 81.2 cm³/mol. The number of carbonyl (C=O) groups is 1. The van der Waals surface area contributed by atoms with Crippen molar-refractivity contribution in [1.29, 1.82) is 0 Å². The lowest BCUT2D eigenvalue weighted by Gasteiger charge is -2.31. The number of nitrogens with two attached hydrogens (primary N) is 1. The van der Waals surface area contributed by atoms with Gasteiger partial charge in [-0.25, -0.2) is 4.98 Å². The number of nitrogens with one attached hydrogen (secondary N) is 2. The third kappa shape index (κ3) is 3.61. The summed E-state index contributed by atoms with van der Waals surface area (Å²) in [6.45, 7) is 3.28. The molecule has 0 radical (unpaired) electrons. The molecule has 1 aromatic rings. The number of hydrogen-bond donors (Lipinski definition) is 3. The first-order valence-electron chi connectivity index (χ1n) is 6.91. The van der Waals surface area contributed by atoms with Crippen LogP contribution in [0.2, 0.25) is 0 Å². The highest BCUT2D eigenvalue weighted by Crippen LogP contribution is 2.30. The molecule has 4 N–H and O–H groups in total. The van der Waals surface area contributed by atoms with E-state index in [-0.39, 0.29) is 17.8 Å². The van der Waals surface area contributed by atoms with Gasteiger partial charge in [-0.05, 0) is 25.7 Å². The summed E-state index contributed by atoms with van der Waals surface area (Å²) < 4.78 is 4.95. The predicted octanol–water partition coefficient (Wildman–Crippen LogP) is 1.70. The van der Waals surface area contributed by atoms with Crippen LogP contribution in [0.25, 0.3) is 0 Å². The Bertz CT molecular complexity index is 459. The Balaban J connectivity index is 1.91. The summed E-state index contributed by atoms with van der Waals surface area (Å²) in [7, 11) is 1.64. The van der Waals surface area contributed by atoms with E-state index >= 15 is 0 Å². The zero-order valence-corrected chi connectivity index (χ0v) is 12.8. The molecule has 1 atom stereocenters. The molecule has 1 unspecified atom stereocenters. The molecule has 0 bridgehead atoms. The average molecular weight is 298 g/mol. The van der Waals surface area contributed by atoms with Crippen LogP contribution in [0.15, 0.2) is 0 Å². The lowest BCUT2D eigenvalue weighted by Crippen LogP contribution is -2.40. The highest BCUT2D eigenvalue weighted by molar-refractivity contribution is 7.18. The van der Waals surface area contributed by atoms with Crippen molar-refractivity contribution < 1.29 is 9.53 Å². The Labute approximate surface area is 123 Å². The van der Waals surface area contributed by atoms with Gasteiger partial charge in [-0.2, -0.15) is 0 Å². The molecule has 1 aliphatic carbocycles. The topological polar surface area (TPSA) is 89.3 Å². The second-order valence-corrected chi connectivity index (χ2v) is 6.11. The minimum absolute atomic E-state index is 0.126. The minimum Gasteiger partial charge on any atom is -0.383 e. The summed E-state index contributed by atoms with van der Waals surface area (Å²) in [6, 6.07) is 0.197. The van der Waals surface area contributed by atoms with E-state index in [9.17, 15) is 4.79 Å². The Morgan fingerprint density at radius 1 is 1.60 bits per heavy atom. The van der Waals surface area contributed by atoms with Crippen molar-refractivity contribution in [2.24, 2.45) is 5.92 Å². The fraction of sp³-hybridized carbons (Fsp3) is 0.692. The second kappa shape index (κ2) is 6.90. The first-order valence-corrected chi connectivity index (χ1v) is 7.73. The summed E-state index contributed by atoms with van der Waals surface area (Å²) in [4.78, 5) is 16.8. The van der Waals surface area contributed by atoms with Crippen LogP contribution >= 0.6 is 11.3 Å². The first-order chi connectivity index (χ1) is 9.61. The van der Waals surface area contributed by atoms with Gasteiger partial charge < -0.3 is 21.1 Å². The van der Waals surface area contributed by atoms with Crippen LogP contribution in [0.3, 0.4) is 0 Å². The number of nitrogens with zero attached hydrogens (tertiary/aromatic N) is 1. The smallest absolute Gasteiger partial charge is 0.265 e. The highest BCUT2D eigenvalue weighted by Gasteiger charge is 2.26. The summed E-state index contributed by atoms with van der Waals surface area (Å²) in [5.41, 5.74) is 5.81. The van der Waals surface area contributed by atoms with Crippen molar-refractivity contribution >= 4 is 28.2 Å². The zero-order chi connectivity index (χ0) is 14.5. The maximum atomic E-state index is 12.2. The van der Waals surface area contributed by atoms with Crippen molar-refractivity contribution in [3.63, 3.8) is 0 Å². The lowest BCUT2D eigenvalue weighted by atomic mass is 9.80. The van der Waals surface area contributed by atoms with Gasteiger partial charge in [0, 0.05) is 19.7 Å².